The number of carbonyl (C=O) groups excluding carboxylic acids is 3. The maximum absolute atomic E-state index is 14.0. The number of Topliss-reactive ketones (excluding diaryl/α,β-unsaturated/α-hetero) is 2. The minimum atomic E-state index is -2.66. The summed E-state index contributed by atoms with van der Waals surface area (Å²) in [5.41, 5.74) is 3.14. The van der Waals surface area contributed by atoms with Crippen LogP contribution in [-0.4, -0.2) is 82.2 Å². The summed E-state index contributed by atoms with van der Waals surface area (Å²) in [6.45, 7) is 3.52. The van der Waals surface area contributed by atoms with Gasteiger partial charge in [-0.25, -0.2) is 0 Å². The fourth-order valence-corrected chi connectivity index (χ4v) is 7.82. The molecule has 0 radical (unpaired) electrons. The molecule has 228 valence electrons. The number of rotatable bonds is 7. The van der Waals surface area contributed by atoms with Crippen molar-refractivity contribution in [2.75, 3.05) is 27.7 Å². The molecule has 4 atom stereocenters. The third kappa shape index (κ3) is 4.49. The number of nitrogens with zero attached hydrogens (tertiary/aromatic N) is 1. The van der Waals surface area contributed by atoms with Gasteiger partial charge in [0.25, 0.3) is 5.91 Å². The Hall–Kier alpha value is -3.41. The van der Waals surface area contributed by atoms with Crippen molar-refractivity contribution in [3.05, 3.63) is 39.7 Å². The number of aliphatic hydroxyl groups is 3. The van der Waals surface area contributed by atoms with Gasteiger partial charge in [0.2, 0.25) is 5.78 Å². The zero-order chi connectivity index (χ0) is 30.7. The largest absolute Gasteiger partial charge is 0.508 e. The lowest BCUT2D eigenvalue weighted by atomic mass is 9.57. The van der Waals surface area contributed by atoms with E-state index in [1.54, 1.807) is 14.1 Å². The Kier molecular flexibility index (Phi) is 7.66. The molecule has 0 spiro atoms. The number of aromatic hydroxyl groups is 1. The van der Waals surface area contributed by atoms with Gasteiger partial charge in [0.1, 0.15) is 28.6 Å². The number of methoxy groups -OCH3 is 1. The summed E-state index contributed by atoms with van der Waals surface area (Å²) >= 11 is 0. The average molecular weight is 584 g/mol. The summed E-state index contributed by atoms with van der Waals surface area (Å²) in [6.07, 6.45) is 6.19. The van der Waals surface area contributed by atoms with Gasteiger partial charge >= 0.3 is 0 Å². The van der Waals surface area contributed by atoms with Gasteiger partial charge in [-0.05, 0) is 57.2 Å². The molecule has 2 fully saturated rings. The van der Waals surface area contributed by atoms with E-state index < -0.39 is 58.0 Å². The van der Waals surface area contributed by atoms with E-state index in [4.69, 9.17) is 10.5 Å². The van der Waals surface area contributed by atoms with Gasteiger partial charge in [-0.15, -0.1) is 0 Å². The molecular formula is C31H41N3O8. The number of fused-ring (bicyclic) bond motifs is 3. The third-order valence-electron chi connectivity index (χ3n) is 9.88. The number of nitrogens with two attached hydrogens (primary N) is 1. The topological polar surface area (TPSA) is 183 Å². The van der Waals surface area contributed by atoms with Gasteiger partial charge in [-0.3, -0.25) is 19.3 Å². The van der Waals surface area contributed by atoms with Crippen molar-refractivity contribution >= 4 is 23.2 Å². The highest BCUT2D eigenvalue weighted by Crippen LogP contribution is 2.54. The summed E-state index contributed by atoms with van der Waals surface area (Å²) in [4.78, 5) is 40.9. The van der Waals surface area contributed by atoms with Crippen LogP contribution in [0.1, 0.15) is 62.1 Å². The normalized spacial score (nSPS) is 28.9. The molecule has 4 aliphatic carbocycles. The summed E-state index contributed by atoms with van der Waals surface area (Å²) in [5.74, 6) is -6.28. The number of phenolic OH excluding ortho intramolecular Hbond substituents is 1. The highest BCUT2D eigenvalue weighted by Gasteiger charge is 2.64. The van der Waals surface area contributed by atoms with Crippen LogP contribution in [-0.2, 0) is 27.3 Å². The number of ketones is 2. The first-order chi connectivity index (χ1) is 19.8. The zero-order valence-corrected chi connectivity index (χ0v) is 24.6. The van der Waals surface area contributed by atoms with Crippen LogP contribution < -0.4 is 15.8 Å². The molecule has 5 rings (SSSR count). The molecule has 42 heavy (non-hydrogen) atoms. The number of aliphatic hydroxyl groups excluding tert-OH is 2. The van der Waals surface area contributed by atoms with Crippen molar-refractivity contribution in [1.29, 1.82) is 0 Å². The van der Waals surface area contributed by atoms with Crippen LogP contribution in [0.2, 0.25) is 0 Å². The fraction of sp³-hybridized carbons (Fsp3) is 0.581. The number of primary amides is 1. The van der Waals surface area contributed by atoms with Crippen molar-refractivity contribution < 1.29 is 39.5 Å². The summed E-state index contributed by atoms with van der Waals surface area (Å²) < 4.78 is 5.80. The van der Waals surface area contributed by atoms with Crippen LogP contribution in [0.5, 0.6) is 11.5 Å². The summed E-state index contributed by atoms with van der Waals surface area (Å²) in [7, 11) is 4.65. The smallest absolute Gasteiger partial charge is 0.255 e. The molecule has 0 saturated heterocycles. The van der Waals surface area contributed by atoms with Crippen LogP contribution >= 0.6 is 0 Å². The minimum absolute atomic E-state index is 0.0196. The monoisotopic (exact) mass is 583 g/mol. The molecule has 1 aromatic carbocycles. The van der Waals surface area contributed by atoms with Crippen molar-refractivity contribution in [2.45, 2.75) is 70.1 Å². The van der Waals surface area contributed by atoms with Gasteiger partial charge in [0, 0.05) is 35.7 Å². The maximum atomic E-state index is 14.0. The van der Waals surface area contributed by atoms with Gasteiger partial charge in [0.05, 0.1) is 18.7 Å². The number of ether oxygens (including phenoxy) is 1. The van der Waals surface area contributed by atoms with E-state index in [1.165, 1.54) is 37.3 Å². The fourth-order valence-electron chi connectivity index (χ4n) is 7.82. The lowest BCUT2D eigenvalue weighted by molar-refractivity contribution is -0.153. The van der Waals surface area contributed by atoms with Crippen LogP contribution in [0.3, 0.4) is 0 Å². The van der Waals surface area contributed by atoms with E-state index in [1.807, 2.05) is 0 Å². The number of phenols is 1. The van der Waals surface area contributed by atoms with Crippen molar-refractivity contribution in [2.24, 2.45) is 23.0 Å². The number of nitrogens with one attached hydrogen (secondary N) is 1. The van der Waals surface area contributed by atoms with E-state index in [0.29, 0.717) is 23.4 Å². The SMILES string of the molecule is COc1c(CNCC2(C)CCCCC2)cc(O)c2c1C[C@H]1C[C@H]3[C@H](N(C)C)C(=O)C(C(N)=O)=C(O)[C@@]3(O)C(=O)C1=C2O. The first kappa shape index (κ1) is 30.1. The van der Waals surface area contributed by atoms with E-state index >= 15 is 0 Å². The van der Waals surface area contributed by atoms with Gasteiger partial charge < -0.3 is 36.2 Å². The maximum Gasteiger partial charge on any atom is 0.255 e. The van der Waals surface area contributed by atoms with E-state index in [-0.39, 0.29) is 35.1 Å². The van der Waals surface area contributed by atoms with E-state index in [2.05, 4.69) is 12.2 Å². The first-order valence-electron chi connectivity index (χ1n) is 14.5. The minimum Gasteiger partial charge on any atom is -0.508 e. The van der Waals surface area contributed by atoms with Gasteiger partial charge in [-0.1, -0.05) is 26.2 Å². The molecule has 0 aliphatic heterocycles. The number of likely N-dealkylation sites (N-methyl/N-ethyl adjacent to an activating group) is 1. The van der Waals surface area contributed by atoms with Crippen LogP contribution in [0.15, 0.2) is 23.0 Å². The number of carbonyl (C=O) groups is 3. The van der Waals surface area contributed by atoms with Crippen molar-refractivity contribution in [3.8, 4) is 11.5 Å². The summed E-state index contributed by atoms with van der Waals surface area (Å²) in [6, 6.07) is 0.370. The lowest BCUT2D eigenvalue weighted by Crippen LogP contribution is -2.65. The molecule has 4 aliphatic rings. The molecule has 7 N–H and O–H groups in total. The zero-order valence-electron chi connectivity index (χ0n) is 24.6. The Morgan fingerprint density at radius 3 is 2.43 bits per heavy atom. The molecular weight excluding hydrogens is 542 g/mol. The molecule has 11 nitrogen and oxygen atoms in total. The number of benzene rings is 1. The van der Waals surface area contributed by atoms with E-state index in [0.717, 1.165) is 19.4 Å². The number of hydrogen-bond donors (Lipinski definition) is 6. The number of amides is 1. The Morgan fingerprint density at radius 1 is 1.17 bits per heavy atom. The van der Waals surface area contributed by atoms with Gasteiger partial charge in [-0.2, -0.15) is 0 Å². The predicted octanol–water partition coefficient (Wildman–Crippen LogP) is 2.03. The Balaban J connectivity index is 1.56. The highest BCUT2D eigenvalue weighted by molar-refractivity contribution is 6.24. The van der Waals surface area contributed by atoms with E-state index in [9.17, 15) is 34.8 Å². The predicted molar refractivity (Wildman–Crippen MR) is 154 cm³/mol. The molecule has 2 saturated carbocycles. The second-order valence-electron chi connectivity index (χ2n) is 12.9. The van der Waals surface area contributed by atoms with Crippen LogP contribution in [0.25, 0.3) is 5.76 Å². The first-order valence-corrected chi connectivity index (χ1v) is 14.5. The molecule has 0 bridgehead atoms. The standard InChI is InChI=1S/C31H41N3O8/c1-30(8-6-5-7-9-30)14-33-13-16-12-19(35)21-17(26(16)42-4)10-15-11-18-23(34(2)3)25(37)22(29(32)40)28(39)31(18,41)27(38)20(15)24(21)36/h12,15,18,23,33,35-36,39,41H,5-11,13-14H2,1-4H3,(H2,32,40)/t15-,18-,23-,31-/m0/s1. The molecule has 0 aromatic heterocycles. The second kappa shape index (κ2) is 10.7. The average Bonchev–Trinajstić information content (AvgIpc) is 2.90. The lowest BCUT2D eigenvalue weighted by Gasteiger charge is -2.50. The molecule has 0 heterocycles. The Labute approximate surface area is 245 Å². The van der Waals surface area contributed by atoms with Crippen LogP contribution in [0, 0.1) is 17.3 Å². The quantitative estimate of drug-likeness (QED) is 0.260. The van der Waals surface area contributed by atoms with Crippen molar-refractivity contribution in [3.63, 3.8) is 0 Å². The highest BCUT2D eigenvalue weighted by atomic mass is 16.5. The van der Waals surface area contributed by atoms with Gasteiger partial charge in [0.15, 0.2) is 11.4 Å². The Morgan fingerprint density at radius 2 is 1.83 bits per heavy atom. The molecule has 0 unspecified atom stereocenters. The molecule has 1 aromatic rings. The Bertz CT molecular complexity index is 1410. The third-order valence-corrected chi connectivity index (χ3v) is 9.88. The summed E-state index contributed by atoms with van der Waals surface area (Å²) in [5, 5.41) is 48.8. The van der Waals surface area contributed by atoms with Crippen molar-refractivity contribution in [1.82, 2.24) is 10.2 Å². The molecule has 1 amide bonds. The van der Waals surface area contributed by atoms with Crippen LogP contribution in [0.4, 0.5) is 0 Å². The number of hydrogen-bond acceptors (Lipinski definition) is 10. The molecule has 11 heteroatoms. The second-order valence-corrected chi connectivity index (χ2v) is 12.9.